The predicted octanol–water partition coefficient (Wildman–Crippen LogP) is 6.05. The summed E-state index contributed by atoms with van der Waals surface area (Å²) in [6.07, 6.45) is 3.89. The second kappa shape index (κ2) is 7.97. The van der Waals surface area contributed by atoms with Crippen molar-refractivity contribution in [3.63, 3.8) is 0 Å². The Hall–Kier alpha value is -2.70. The Kier molecular flexibility index (Phi) is 5.39. The third kappa shape index (κ3) is 3.91. The van der Waals surface area contributed by atoms with Crippen LogP contribution in [-0.4, -0.2) is 17.4 Å². The van der Waals surface area contributed by atoms with Crippen LogP contribution in [-0.2, 0) is 6.42 Å². The van der Waals surface area contributed by atoms with Crippen LogP contribution in [0.15, 0.2) is 48.8 Å². The van der Waals surface area contributed by atoms with E-state index in [9.17, 15) is 13.6 Å². The Balaban J connectivity index is 1.72. The molecule has 0 saturated heterocycles. The highest BCUT2D eigenvalue weighted by atomic mass is 35.5. The molecule has 0 spiro atoms. The molecule has 0 aliphatic carbocycles. The summed E-state index contributed by atoms with van der Waals surface area (Å²) in [6, 6.07) is 8.21. The Morgan fingerprint density at radius 3 is 2.76 bits per heavy atom. The van der Waals surface area contributed by atoms with Crippen LogP contribution in [0.1, 0.15) is 22.3 Å². The van der Waals surface area contributed by atoms with E-state index in [-0.39, 0.29) is 22.7 Å². The fourth-order valence-corrected chi connectivity index (χ4v) is 3.63. The zero-order chi connectivity index (χ0) is 20.5. The van der Waals surface area contributed by atoms with E-state index in [0.717, 1.165) is 6.07 Å². The van der Waals surface area contributed by atoms with Crippen LogP contribution < -0.4 is 9.64 Å². The Labute approximate surface area is 175 Å². The van der Waals surface area contributed by atoms with E-state index in [1.165, 1.54) is 35.5 Å². The van der Waals surface area contributed by atoms with Crippen molar-refractivity contribution in [3.8, 4) is 11.5 Å². The maximum absolute atomic E-state index is 14.5. The van der Waals surface area contributed by atoms with Gasteiger partial charge in [-0.05, 0) is 42.7 Å². The molecule has 2 heterocycles. The number of ether oxygens (including phenoxy) is 1. The molecule has 0 bridgehead atoms. The molecule has 4 nitrogen and oxygen atoms in total. The minimum Gasteiger partial charge on any atom is -0.453 e. The number of halogens is 4. The summed E-state index contributed by atoms with van der Waals surface area (Å²) < 4.78 is 33.9. The number of nitrogens with zero attached hydrogens (tertiary/aromatic N) is 2. The minimum atomic E-state index is -0.775. The zero-order valence-electron chi connectivity index (χ0n) is 15.0. The number of rotatable bonds is 3. The average molecular weight is 435 g/mol. The van der Waals surface area contributed by atoms with E-state index in [2.05, 4.69) is 4.98 Å². The first-order chi connectivity index (χ1) is 13.9. The van der Waals surface area contributed by atoms with E-state index in [1.54, 1.807) is 12.1 Å². The van der Waals surface area contributed by atoms with Crippen LogP contribution in [0.5, 0.6) is 11.5 Å². The van der Waals surface area contributed by atoms with Crippen molar-refractivity contribution in [2.24, 2.45) is 0 Å². The van der Waals surface area contributed by atoms with Crippen molar-refractivity contribution in [3.05, 3.63) is 81.6 Å². The van der Waals surface area contributed by atoms with Crippen molar-refractivity contribution < 1.29 is 18.3 Å². The maximum atomic E-state index is 14.5. The molecule has 3 aromatic rings. The van der Waals surface area contributed by atoms with E-state index in [4.69, 9.17) is 27.9 Å². The first-order valence-corrected chi connectivity index (χ1v) is 9.56. The highest BCUT2D eigenvalue weighted by Crippen LogP contribution is 2.36. The van der Waals surface area contributed by atoms with Gasteiger partial charge in [0.1, 0.15) is 17.4 Å². The van der Waals surface area contributed by atoms with Crippen LogP contribution in [0.3, 0.4) is 0 Å². The van der Waals surface area contributed by atoms with Crippen molar-refractivity contribution >= 4 is 34.8 Å². The van der Waals surface area contributed by atoms with Gasteiger partial charge in [-0.2, -0.15) is 0 Å². The van der Waals surface area contributed by atoms with Gasteiger partial charge in [-0.15, -0.1) is 0 Å². The summed E-state index contributed by atoms with van der Waals surface area (Å²) >= 11 is 12.1. The zero-order valence-corrected chi connectivity index (χ0v) is 16.5. The van der Waals surface area contributed by atoms with E-state index in [1.807, 2.05) is 0 Å². The summed E-state index contributed by atoms with van der Waals surface area (Å²) in [6.45, 7) is 0.300. The fourth-order valence-electron chi connectivity index (χ4n) is 3.31. The fraction of sp³-hybridized carbons (Fsp3) is 0.143. The summed E-state index contributed by atoms with van der Waals surface area (Å²) in [5, 5.41) is 0.719. The molecule has 29 heavy (non-hydrogen) atoms. The van der Waals surface area contributed by atoms with Gasteiger partial charge in [0.15, 0.2) is 5.75 Å². The average Bonchev–Trinajstić information content (AvgIpc) is 2.70. The largest absolute Gasteiger partial charge is 0.453 e. The van der Waals surface area contributed by atoms with Gasteiger partial charge in [-0.25, -0.2) is 8.78 Å². The predicted molar refractivity (Wildman–Crippen MR) is 107 cm³/mol. The number of carbonyl (C=O) groups excluding carboxylic acids is 1. The van der Waals surface area contributed by atoms with Gasteiger partial charge in [0.25, 0.3) is 5.91 Å². The van der Waals surface area contributed by atoms with Gasteiger partial charge < -0.3 is 9.64 Å². The number of carbonyl (C=O) groups is 1. The van der Waals surface area contributed by atoms with Crippen LogP contribution in [0.4, 0.5) is 14.5 Å². The van der Waals surface area contributed by atoms with Crippen LogP contribution in [0, 0.1) is 11.6 Å². The molecule has 0 N–H and O–H groups in total. The molecule has 0 atom stereocenters. The van der Waals surface area contributed by atoms with E-state index < -0.39 is 17.5 Å². The molecule has 1 amide bonds. The van der Waals surface area contributed by atoms with Crippen LogP contribution in [0.25, 0.3) is 0 Å². The first kappa shape index (κ1) is 19.6. The summed E-state index contributed by atoms with van der Waals surface area (Å²) in [4.78, 5) is 18.6. The third-order valence-electron chi connectivity index (χ3n) is 4.58. The lowest BCUT2D eigenvalue weighted by atomic mass is 10.00. The first-order valence-electron chi connectivity index (χ1n) is 8.81. The van der Waals surface area contributed by atoms with Gasteiger partial charge in [-0.1, -0.05) is 23.2 Å². The number of anilines is 1. The lowest BCUT2D eigenvalue weighted by Crippen LogP contribution is -2.36. The van der Waals surface area contributed by atoms with Crippen molar-refractivity contribution in [1.82, 2.24) is 4.98 Å². The molecular formula is C21H14Cl2F2N2O2. The Morgan fingerprint density at radius 1 is 1.10 bits per heavy atom. The molecule has 1 aliphatic heterocycles. The molecule has 148 valence electrons. The quantitative estimate of drug-likeness (QED) is 0.503. The topological polar surface area (TPSA) is 42.4 Å². The van der Waals surface area contributed by atoms with Crippen molar-refractivity contribution in [2.45, 2.75) is 12.8 Å². The van der Waals surface area contributed by atoms with Crippen molar-refractivity contribution in [1.29, 1.82) is 0 Å². The smallest absolute Gasteiger partial charge is 0.262 e. The summed E-state index contributed by atoms with van der Waals surface area (Å²) in [7, 11) is 0. The molecule has 8 heteroatoms. The second-order valence-corrected chi connectivity index (χ2v) is 7.35. The number of aryl methyl sites for hydroxylation is 1. The standard InChI is InChI=1S/C21H14Cl2F2N2O2/c22-13-3-4-16(23)18(9-13)29-19-11-26-6-5-15(19)21(28)27-7-1-2-12-8-14(24)10-17(25)20(12)27/h3-6,8-11H,1-2,7H2. The highest BCUT2D eigenvalue weighted by Gasteiger charge is 2.29. The molecule has 0 saturated carbocycles. The van der Waals surface area contributed by atoms with Crippen molar-refractivity contribution in [2.75, 3.05) is 11.4 Å². The molecule has 2 aromatic carbocycles. The van der Waals surface area contributed by atoms with Gasteiger partial charge in [0, 0.05) is 29.9 Å². The van der Waals surface area contributed by atoms with Gasteiger partial charge in [0.2, 0.25) is 0 Å². The number of hydrogen-bond donors (Lipinski definition) is 0. The second-order valence-electron chi connectivity index (χ2n) is 6.50. The monoisotopic (exact) mass is 434 g/mol. The van der Waals surface area contributed by atoms with Crippen LogP contribution >= 0.6 is 23.2 Å². The Bertz CT molecular complexity index is 1110. The molecule has 0 unspecified atom stereocenters. The van der Waals surface area contributed by atoms with Crippen LogP contribution in [0.2, 0.25) is 10.0 Å². The molecule has 1 aliphatic rings. The number of benzene rings is 2. The molecule has 0 radical (unpaired) electrons. The molecular weight excluding hydrogens is 421 g/mol. The SMILES string of the molecule is O=C(c1ccncc1Oc1cc(Cl)ccc1Cl)N1CCCc2cc(F)cc(F)c21. The minimum absolute atomic E-state index is 0.0891. The molecule has 1 aromatic heterocycles. The number of fused-ring (bicyclic) bond motifs is 1. The highest BCUT2D eigenvalue weighted by molar-refractivity contribution is 6.34. The number of hydrogen-bond acceptors (Lipinski definition) is 3. The molecule has 4 rings (SSSR count). The number of amides is 1. The Morgan fingerprint density at radius 2 is 1.93 bits per heavy atom. The van der Waals surface area contributed by atoms with E-state index in [0.29, 0.717) is 35.0 Å². The maximum Gasteiger partial charge on any atom is 0.262 e. The molecule has 0 fully saturated rings. The van der Waals surface area contributed by atoms with Gasteiger partial charge in [-0.3, -0.25) is 9.78 Å². The third-order valence-corrected chi connectivity index (χ3v) is 5.13. The summed E-state index contributed by atoms with van der Waals surface area (Å²) in [5.41, 5.74) is 0.718. The number of aromatic nitrogens is 1. The van der Waals surface area contributed by atoms with Gasteiger partial charge >= 0.3 is 0 Å². The van der Waals surface area contributed by atoms with Gasteiger partial charge in [0.05, 0.1) is 22.5 Å². The van der Waals surface area contributed by atoms with E-state index >= 15 is 0 Å². The lowest BCUT2D eigenvalue weighted by molar-refractivity contribution is 0.0981. The normalized spacial score (nSPS) is 13.2. The number of pyridine rings is 1. The lowest BCUT2D eigenvalue weighted by Gasteiger charge is -2.30. The summed E-state index contributed by atoms with van der Waals surface area (Å²) in [5.74, 6) is -1.52.